The molecule has 0 atom stereocenters. The number of piperidine rings is 1. The lowest BCUT2D eigenvalue weighted by Crippen LogP contribution is -2.38. The van der Waals surface area contributed by atoms with Crippen molar-refractivity contribution >= 4 is 11.7 Å². The highest BCUT2D eigenvalue weighted by Gasteiger charge is 2.29. The van der Waals surface area contributed by atoms with Gasteiger partial charge in [0.2, 0.25) is 11.8 Å². The number of rotatable bonds is 9. The Kier molecular flexibility index (Phi) is 8.88. The Bertz CT molecular complexity index is 1410. The van der Waals surface area contributed by atoms with Crippen LogP contribution in [-0.4, -0.2) is 29.6 Å². The van der Waals surface area contributed by atoms with E-state index in [9.17, 15) is 4.79 Å². The molecule has 3 aromatic carbocycles. The quantitative estimate of drug-likeness (QED) is 0.202. The molecule has 0 spiro atoms. The van der Waals surface area contributed by atoms with Crippen LogP contribution in [0.3, 0.4) is 0 Å². The van der Waals surface area contributed by atoms with Gasteiger partial charge in [-0.3, -0.25) is 4.79 Å². The van der Waals surface area contributed by atoms with Gasteiger partial charge in [0.1, 0.15) is 18.8 Å². The predicted octanol–water partition coefficient (Wildman–Crippen LogP) is 7.46. The van der Waals surface area contributed by atoms with Gasteiger partial charge >= 0.3 is 5.97 Å². The van der Waals surface area contributed by atoms with Gasteiger partial charge in [-0.05, 0) is 68.5 Å². The van der Waals surface area contributed by atoms with Gasteiger partial charge in [0, 0.05) is 30.4 Å². The summed E-state index contributed by atoms with van der Waals surface area (Å²) in [4.78, 5) is 19.6. The molecule has 1 saturated heterocycles. The topological polar surface area (TPSA) is 60.9 Å². The van der Waals surface area contributed by atoms with Crippen LogP contribution in [-0.2, 0) is 22.7 Å². The third-order valence-electron chi connectivity index (χ3n) is 7.06. The fraction of sp³-hybridized carbons (Fsp3) is 0.314. The Morgan fingerprint density at radius 3 is 1.95 bits per heavy atom. The van der Waals surface area contributed by atoms with Crippen LogP contribution in [0.25, 0.3) is 11.1 Å². The summed E-state index contributed by atoms with van der Waals surface area (Å²) in [5, 5.41) is 0. The molecule has 0 unspecified atom stereocenters. The number of pyridine rings is 1. The Morgan fingerprint density at radius 1 is 0.780 bits per heavy atom. The first kappa shape index (κ1) is 28.2. The molecular formula is C35H38N2O4. The summed E-state index contributed by atoms with van der Waals surface area (Å²) in [5.74, 6) is 0.928. The van der Waals surface area contributed by atoms with Crippen molar-refractivity contribution in [2.45, 2.75) is 52.4 Å². The zero-order valence-electron chi connectivity index (χ0n) is 24.1. The Morgan fingerprint density at radius 2 is 1.37 bits per heavy atom. The SMILES string of the molecule is CC(C)(C)OC(=O)C1CCN(c2ccc(-c3ccc(OCc4ccccc4)nc3OCc3ccccc3)cc2)CC1. The van der Waals surface area contributed by atoms with Crippen LogP contribution in [0.4, 0.5) is 5.69 Å². The van der Waals surface area contributed by atoms with Crippen molar-refractivity contribution in [2.75, 3.05) is 18.0 Å². The van der Waals surface area contributed by atoms with E-state index >= 15 is 0 Å². The molecule has 0 aliphatic carbocycles. The monoisotopic (exact) mass is 550 g/mol. The molecule has 1 aromatic heterocycles. The molecule has 0 N–H and O–H groups in total. The largest absolute Gasteiger partial charge is 0.473 e. The molecule has 0 saturated carbocycles. The van der Waals surface area contributed by atoms with Crippen molar-refractivity contribution in [3.05, 3.63) is 108 Å². The van der Waals surface area contributed by atoms with Crippen molar-refractivity contribution in [2.24, 2.45) is 5.92 Å². The number of anilines is 1. The van der Waals surface area contributed by atoms with Crippen LogP contribution < -0.4 is 14.4 Å². The molecule has 6 nitrogen and oxygen atoms in total. The summed E-state index contributed by atoms with van der Waals surface area (Å²) in [6.45, 7) is 8.24. The second kappa shape index (κ2) is 12.9. The van der Waals surface area contributed by atoms with E-state index in [-0.39, 0.29) is 11.9 Å². The van der Waals surface area contributed by atoms with Gasteiger partial charge in [-0.15, -0.1) is 0 Å². The lowest BCUT2D eigenvalue weighted by Gasteiger charge is -2.34. The molecular weight excluding hydrogens is 512 g/mol. The van der Waals surface area contributed by atoms with Crippen LogP contribution in [0.2, 0.25) is 0 Å². The summed E-state index contributed by atoms with van der Waals surface area (Å²) in [6, 6.07) is 32.5. The summed E-state index contributed by atoms with van der Waals surface area (Å²) >= 11 is 0. The van der Waals surface area contributed by atoms with E-state index in [0.717, 1.165) is 53.9 Å². The highest BCUT2D eigenvalue weighted by Crippen LogP contribution is 2.33. The Labute approximate surface area is 242 Å². The molecule has 0 bridgehead atoms. The fourth-order valence-electron chi connectivity index (χ4n) is 4.90. The van der Waals surface area contributed by atoms with E-state index < -0.39 is 5.60 Å². The number of hydrogen-bond donors (Lipinski definition) is 0. The van der Waals surface area contributed by atoms with Gasteiger partial charge in [-0.2, -0.15) is 4.98 Å². The fourth-order valence-corrected chi connectivity index (χ4v) is 4.90. The van der Waals surface area contributed by atoms with E-state index in [0.29, 0.717) is 25.0 Å². The predicted molar refractivity (Wildman–Crippen MR) is 162 cm³/mol. The van der Waals surface area contributed by atoms with Gasteiger partial charge in [0.05, 0.1) is 5.92 Å². The zero-order valence-corrected chi connectivity index (χ0v) is 24.1. The number of aromatic nitrogens is 1. The van der Waals surface area contributed by atoms with Crippen molar-refractivity contribution in [1.82, 2.24) is 4.98 Å². The third kappa shape index (κ3) is 7.88. The number of ether oxygens (including phenoxy) is 3. The van der Waals surface area contributed by atoms with Crippen molar-refractivity contribution in [1.29, 1.82) is 0 Å². The van der Waals surface area contributed by atoms with Crippen LogP contribution in [0.15, 0.2) is 97.1 Å². The number of carbonyl (C=O) groups excluding carboxylic acids is 1. The normalized spacial score (nSPS) is 14.0. The number of nitrogens with zero attached hydrogens (tertiary/aromatic N) is 2. The van der Waals surface area contributed by atoms with E-state index in [1.54, 1.807) is 0 Å². The minimum Gasteiger partial charge on any atom is -0.473 e. The maximum atomic E-state index is 12.5. The first-order valence-corrected chi connectivity index (χ1v) is 14.3. The second-order valence-electron chi connectivity index (χ2n) is 11.4. The van der Waals surface area contributed by atoms with E-state index in [2.05, 4.69) is 29.2 Å². The standard InChI is InChI=1S/C35H38N2O4/c1-35(2,3)41-34(38)29-20-22-37(23-21-29)30-16-14-28(15-17-30)31-18-19-32(39-24-26-10-6-4-7-11-26)36-33(31)40-25-27-12-8-5-9-13-27/h4-19,29H,20-25H2,1-3H3. The van der Waals surface area contributed by atoms with E-state index in [1.807, 2.05) is 93.6 Å². The minimum atomic E-state index is -0.450. The number of esters is 1. The van der Waals surface area contributed by atoms with Crippen LogP contribution in [0.1, 0.15) is 44.7 Å². The van der Waals surface area contributed by atoms with Crippen molar-refractivity contribution in [3.8, 4) is 22.9 Å². The van der Waals surface area contributed by atoms with E-state index in [1.165, 1.54) is 0 Å². The summed E-state index contributed by atoms with van der Waals surface area (Å²) in [7, 11) is 0. The number of carbonyl (C=O) groups is 1. The smallest absolute Gasteiger partial charge is 0.309 e. The van der Waals surface area contributed by atoms with Crippen LogP contribution >= 0.6 is 0 Å². The van der Waals surface area contributed by atoms with Crippen molar-refractivity contribution < 1.29 is 19.0 Å². The average molecular weight is 551 g/mol. The first-order valence-electron chi connectivity index (χ1n) is 14.3. The van der Waals surface area contributed by atoms with Gasteiger partial charge in [-0.1, -0.05) is 72.8 Å². The number of benzene rings is 3. The molecule has 2 heterocycles. The maximum Gasteiger partial charge on any atom is 0.309 e. The molecule has 41 heavy (non-hydrogen) atoms. The highest BCUT2D eigenvalue weighted by atomic mass is 16.6. The molecule has 1 fully saturated rings. The average Bonchev–Trinajstić information content (AvgIpc) is 2.99. The van der Waals surface area contributed by atoms with Crippen LogP contribution in [0.5, 0.6) is 11.8 Å². The molecule has 0 radical (unpaired) electrons. The first-order chi connectivity index (χ1) is 19.8. The highest BCUT2D eigenvalue weighted by molar-refractivity contribution is 5.74. The summed E-state index contributed by atoms with van der Waals surface area (Å²) < 4.78 is 17.8. The minimum absolute atomic E-state index is 0.0391. The molecule has 0 amide bonds. The van der Waals surface area contributed by atoms with Gasteiger partial charge in [0.25, 0.3) is 0 Å². The Hall–Kier alpha value is -4.32. The van der Waals surface area contributed by atoms with E-state index in [4.69, 9.17) is 19.2 Å². The van der Waals surface area contributed by atoms with Gasteiger partial charge in [-0.25, -0.2) is 0 Å². The lowest BCUT2D eigenvalue weighted by molar-refractivity contribution is -0.160. The molecule has 1 aliphatic rings. The lowest BCUT2D eigenvalue weighted by atomic mass is 9.96. The summed E-state index contributed by atoms with van der Waals surface area (Å²) in [5.41, 5.74) is 4.76. The molecule has 212 valence electrons. The molecule has 5 rings (SSSR count). The third-order valence-corrected chi connectivity index (χ3v) is 7.06. The molecule has 1 aliphatic heterocycles. The second-order valence-corrected chi connectivity index (χ2v) is 11.4. The molecule has 6 heteroatoms. The van der Waals surface area contributed by atoms with Crippen LogP contribution in [0, 0.1) is 5.92 Å². The van der Waals surface area contributed by atoms with Gasteiger partial charge in [0.15, 0.2) is 0 Å². The van der Waals surface area contributed by atoms with Crippen molar-refractivity contribution in [3.63, 3.8) is 0 Å². The van der Waals surface area contributed by atoms with Gasteiger partial charge < -0.3 is 19.1 Å². The zero-order chi connectivity index (χ0) is 28.7. The Balaban J connectivity index is 1.29. The summed E-state index contributed by atoms with van der Waals surface area (Å²) in [6.07, 6.45) is 1.59. The maximum absolute atomic E-state index is 12.5. The number of hydrogen-bond acceptors (Lipinski definition) is 6. The molecule has 4 aromatic rings.